The van der Waals surface area contributed by atoms with E-state index < -0.39 is 12.0 Å². The summed E-state index contributed by atoms with van der Waals surface area (Å²) >= 11 is 0. The number of hydrogen-bond acceptors (Lipinski definition) is 3. The zero-order chi connectivity index (χ0) is 14.4. The van der Waals surface area contributed by atoms with Gasteiger partial charge in [0.25, 0.3) is 0 Å². The molecule has 5 heteroatoms. The molecule has 0 aromatic heterocycles. The standard InChI is InChI=1S/C14H20N2O3/c1-3-11(15)14(19)16(9-8-13(17)18)12-7-5-4-6-10(12)2/h4-7,11H,3,8-9,15H2,1-2H3,(H,17,18). The maximum Gasteiger partial charge on any atom is 0.305 e. The molecular formula is C14H20N2O3. The van der Waals surface area contributed by atoms with E-state index in [2.05, 4.69) is 0 Å². The highest BCUT2D eigenvalue weighted by Crippen LogP contribution is 2.20. The summed E-state index contributed by atoms with van der Waals surface area (Å²) in [5.74, 6) is -1.17. The summed E-state index contributed by atoms with van der Waals surface area (Å²) < 4.78 is 0. The largest absolute Gasteiger partial charge is 0.481 e. The molecule has 19 heavy (non-hydrogen) atoms. The summed E-state index contributed by atoms with van der Waals surface area (Å²) in [6.07, 6.45) is 0.421. The highest BCUT2D eigenvalue weighted by atomic mass is 16.4. The van der Waals surface area contributed by atoms with Gasteiger partial charge in [-0.05, 0) is 25.0 Å². The molecule has 0 aliphatic carbocycles. The van der Waals surface area contributed by atoms with Crippen molar-refractivity contribution in [1.29, 1.82) is 0 Å². The van der Waals surface area contributed by atoms with Crippen molar-refractivity contribution in [2.75, 3.05) is 11.4 Å². The molecule has 0 saturated carbocycles. The van der Waals surface area contributed by atoms with Crippen molar-refractivity contribution in [1.82, 2.24) is 0 Å². The van der Waals surface area contributed by atoms with Gasteiger partial charge in [0.2, 0.25) is 5.91 Å². The van der Waals surface area contributed by atoms with Gasteiger partial charge in [-0.15, -0.1) is 0 Å². The molecule has 0 aliphatic heterocycles. The van der Waals surface area contributed by atoms with Gasteiger partial charge < -0.3 is 15.7 Å². The molecule has 0 radical (unpaired) electrons. The molecule has 1 atom stereocenters. The number of hydrogen-bond donors (Lipinski definition) is 2. The van der Waals surface area contributed by atoms with Crippen LogP contribution in [0.25, 0.3) is 0 Å². The summed E-state index contributed by atoms with van der Waals surface area (Å²) in [7, 11) is 0. The van der Waals surface area contributed by atoms with Crippen LogP contribution in [-0.2, 0) is 9.59 Å². The summed E-state index contributed by atoms with van der Waals surface area (Å²) in [5, 5.41) is 8.79. The topological polar surface area (TPSA) is 83.6 Å². The van der Waals surface area contributed by atoms with E-state index in [0.717, 1.165) is 11.3 Å². The summed E-state index contributed by atoms with van der Waals surface area (Å²) in [4.78, 5) is 24.4. The van der Waals surface area contributed by atoms with Crippen molar-refractivity contribution in [2.45, 2.75) is 32.7 Å². The van der Waals surface area contributed by atoms with Crippen LogP contribution >= 0.6 is 0 Å². The molecule has 104 valence electrons. The van der Waals surface area contributed by atoms with Gasteiger partial charge in [0.05, 0.1) is 12.5 Å². The van der Waals surface area contributed by atoms with E-state index in [-0.39, 0.29) is 18.9 Å². The van der Waals surface area contributed by atoms with Crippen LogP contribution in [0.5, 0.6) is 0 Å². The first-order chi connectivity index (χ1) is 8.97. The van der Waals surface area contributed by atoms with Crippen LogP contribution in [0.15, 0.2) is 24.3 Å². The van der Waals surface area contributed by atoms with Crippen LogP contribution < -0.4 is 10.6 Å². The molecule has 1 amide bonds. The lowest BCUT2D eigenvalue weighted by atomic mass is 10.1. The third-order valence-corrected chi connectivity index (χ3v) is 2.98. The minimum Gasteiger partial charge on any atom is -0.481 e. The van der Waals surface area contributed by atoms with Crippen molar-refractivity contribution >= 4 is 17.6 Å². The van der Waals surface area contributed by atoms with Gasteiger partial charge in [0.15, 0.2) is 0 Å². The molecule has 5 nitrogen and oxygen atoms in total. The quantitative estimate of drug-likeness (QED) is 0.816. The number of rotatable bonds is 6. The second-order valence-electron chi connectivity index (χ2n) is 4.43. The molecule has 1 rings (SSSR count). The van der Waals surface area contributed by atoms with Crippen LogP contribution in [0.2, 0.25) is 0 Å². The van der Waals surface area contributed by atoms with Gasteiger partial charge in [-0.2, -0.15) is 0 Å². The Balaban J connectivity index is 3.01. The second-order valence-corrected chi connectivity index (χ2v) is 4.43. The molecule has 1 unspecified atom stereocenters. The number of benzene rings is 1. The van der Waals surface area contributed by atoms with Gasteiger partial charge in [-0.3, -0.25) is 9.59 Å². The van der Waals surface area contributed by atoms with E-state index >= 15 is 0 Å². The molecule has 0 bridgehead atoms. The predicted octanol–water partition coefficient (Wildman–Crippen LogP) is 1.54. The van der Waals surface area contributed by atoms with Gasteiger partial charge >= 0.3 is 5.97 Å². The van der Waals surface area contributed by atoms with E-state index in [1.54, 1.807) is 6.07 Å². The summed E-state index contributed by atoms with van der Waals surface area (Å²) in [5.41, 5.74) is 7.41. The Bertz CT molecular complexity index is 460. The van der Waals surface area contributed by atoms with Crippen LogP contribution in [-0.4, -0.2) is 29.6 Å². The van der Waals surface area contributed by atoms with Gasteiger partial charge in [0.1, 0.15) is 0 Å². The van der Waals surface area contributed by atoms with E-state index in [0.29, 0.717) is 6.42 Å². The first-order valence-electron chi connectivity index (χ1n) is 6.31. The zero-order valence-corrected chi connectivity index (χ0v) is 11.3. The maximum absolute atomic E-state index is 12.2. The lowest BCUT2D eigenvalue weighted by Crippen LogP contribution is -2.44. The number of amides is 1. The molecule has 1 aromatic rings. The molecule has 1 aromatic carbocycles. The average Bonchev–Trinajstić information content (AvgIpc) is 2.39. The minimum atomic E-state index is -0.934. The van der Waals surface area contributed by atoms with Crippen LogP contribution in [0, 0.1) is 6.92 Å². The third-order valence-electron chi connectivity index (χ3n) is 2.98. The van der Waals surface area contributed by atoms with Gasteiger partial charge in [-0.25, -0.2) is 0 Å². The normalized spacial score (nSPS) is 11.9. The number of para-hydroxylation sites is 1. The average molecular weight is 264 g/mol. The fourth-order valence-corrected chi connectivity index (χ4v) is 1.80. The molecule has 0 fully saturated rings. The Morgan fingerprint density at radius 1 is 1.37 bits per heavy atom. The van der Waals surface area contributed by atoms with E-state index in [1.807, 2.05) is 32.0 Å². The van der Waals surface area contributed by atoms with E-state index in [4.69, 9.17) is 10.8 Å². The Kier molecular flexibility index (Phi) is 5.51. The predicted molar refractivity (Wildman–Crippen MR) is 74.1 cm³/mol. The summed E-state index contributed by atoms with van der Waals surface area (Å²) in [6, 6.07) is 6.78. The summed E-state index contributed by atoms with van der Waals surface area (Å²) in [6.45, 7) is 3.84. The highest BCUT2D eigenvalue weighted by molar-refractivity contribution is 5.98. The number of carbonyl (C=O) groups is 2. The molecule has 0 heterocycles. The first-order valence-corrected chi connectivity index (χ1v) is 6.31. The first kappa shape index (κ1) is 15.2. The Morgan fingerprint density at radius 2 is 2.00 bits per heavy atom. The number of carbonyl (C=O) groups excluding carboxylic acids is 1. The van der Waals surface area contributed by atoms with Crippen molar-refractivity contribution in [3.05, 3.63) is 29.8 Å². The SMILES string of the molecule is CCC(N)C(=O)N(CCC(=O)O)c1ccccc1C. The van der Waals surface area contributed by atoms with Crippen molar-refractivity contribution in [3.8, 4) is 0 Å². The van der Waals surface area contributed by atoms with Gasteiger partial charge in [0, 0.05) is 12.2 Å². The van der Waals surface area contributed by atoms with E-state index in [9.17, 15) is 9.59 Å². The smallest absolute Gasteiger partial charge is 0.305 e. The lowest BCUT2D eigenvalue weighted by molar-refractivity contribution is -0.136. The number of aryl methyl sites for hydroxylation is 1. The van der Waals surface area contributed by atoms with Crippen molar-refractivity contribution in [3.63, 3.8) is 0 Å². The van der Waals surface area contributed by atoms with Crippen molar-refractivity contribution in [2.24, 2.45) is 5.73 Å². The van der Waals surface area contributed by atoms with Crippen LogP contribution in [0.1, 0.15) is 25.3 Å². The van der Waals surface area contributed by atoms with Crippen molar-refractivity contribution < 1.29 is 14.7 Å². The maximum atomic E-state index is 12.2. The van der Waals surface area contributed by atoms with Crippen LogP contribution in [0.3, 0.4) is 0 Å². The number of carboxylic acids is 1. The molecule has 0 spiro atoms. The number of carboxylic acid groups (broad SMARTS) is 1. The Morgan fingerprint density at radius 3 is 2.53 bits per heavy atom. The molecular weight excluding hydrogens is 244 g/mol. The number of nitrogens with zero attached hydrogens (tertiary/aromatic N) is 1. The fourth-order valence-electron chi connectivity index (χ4n) is 1.80. The molecule has 0 saturated heterocycles. The number of anilines is 1. The lowest BCUT2D eigenvalue weighted by Gasteiger charge is -2.26. The molecule has 0 aliphatic rings. The zero-order valence-electron chi connectivity index (χ0n) is 11.3. The number of nitrogens with two attached hydrogens (primary N) is 1. The fraction of sp³-hybridized carbons (Fsp3) is 0.429. The van der Waals surface area contributed by atoms with Crippen LogP contribution in [0.4, 0.5) is 5.69 Å². The Hall–Kier alpha value is -1.88. The number of aliphatic carboxylic acids is 1. The molecule has 3 N–H and O–H groups in total. The Labute approximate surface area is 113 Å². The second kappa shape index (κ2) is 6.89. The van der Waals surface area contributed by atoms with E-state index in [1.165, 1.54) is 4.90 Å². The highest BCUT2D eigenvalue weighted by Gasteiger charge is 2.22. The minimum absolute atomic E-state index is 0.101. The third kappa shape index (κ3) is 4.06. The monoisotopic (exact) mass is 264 g/mol. The van der Waals surface area contributed by atoms with Gasteiger partial charge in [-0.1, -0.05) is 25.1 Å².